The van der Waals surface area contributed by atoms with Crippen LogP contribution in [0, 0.1) is 0 Å². The van der Waals surface area contributed by atoms with Crippen LogP contribution in [0.3, 0.4) is 0 Å². The maximum absolute atomic E-state index is 11.3. The van der Waals surface area contributed by atoms with Gasteiger partial charge in [0.15, 0.2) is 4.33 Å². The average molecular weight is 260 g/mol. The van der Waals surface area contributed by atoms with E-state index in [0.717, 1.165) is 0 Å². The number of rotatable bonds is 0. The van der Waals surface area contributed by atoms with Gasteiger partial charge in [-0.15, -0.1) is 0 Å². The van der Waals surface area contributed by atoms with Crippen molar-refractivity contribution in [1.29, 1.82) is 0 Å². The van der Waals surface area contributed by atoms with E-state index in [2.05, 4.69) is 0 Å². The maximum atomic E-state index is 11.3. The molecular formula is C8H6Cl4O. The molecule has 0 aromatic carbocycles. The first-order valence-corrected chi connectivity index (χ1v) is 4.97. The number of carbonyl (C=O) groups is 1. The molecule has 0 atom stereocenters. The Morgan fingerprint density at radius 2 is 1.31 bits per heavy atom. The topological polar surface area (TPSA) is 17.1 Å². The minimum Gasteiger partial charge on any atom is -0.287 e. The molecule has 13 heavy (non-hydrogen) atoms. The summed E-state index contributed by atoms with van der Waals surface area (Å²) in [4.78, 5) is 11.3. The number of ketones is 1. The first-order valence-electron chi connectivity index (χ1n) is 3.46. The molecule has 0 saturated heterocycles. The van der Waals surface area contributed by atoms with Gasteiger partial charge in [-0.25, -0.2) is 0 Å². The van der Waals surface area contributed by atoms with Gasteiger partial charge in [-0.05, 0) is 25.0 Å². The highest BCUT2D eigenvalue weighted by Crippen LogP contribution is 2.45. The van der Waals surface area contributed by atoms with Gasteiger partial charge in [-0.3, -0.25) is 4.79 Å². The number of alkyl halides is 2. The van der Waals surface area contributed by atoms with Gasteiger partial charge in [0.2, 0.25) is 5.78 Å². The Morgan fingerprint density at radius 1 is 1.00 bits per heavy atom. The molecule has 1 nitrogen and oxygen atoms in total. The molecular weight excluding hydrogens is 254 g/mol. The molecule has 0 amide bonds. The summed E-state index contributed by atoms with van der Waals surface area (Å²) < 4.78 is -1.26. The van der Waals surface area contributed by atoms with Crippen molar-refractivity contribution in [2.45, 2.75) is 18.2 Å². The summed E-state index contributed by atoms with van der Waals surface area (Å²) >= 11 is 23.3. The highest BCUT2D eigenvalue weighted by atomic mass is 35.5. The van der Waals surface area contributed by atoms with Gasteiger partial charge in [0.05, 0.1) is 10.1 Å². The highest BCUT2D eigenvalue weighted by Gasteiger charge is 2.39. The standard InChI is InChI=1S/C8H6Cl4O/c1-3-5(9)7(13)6(10)4(2)8(3,11)12/h1-2H3. The molecule has 72 valence electrons. The fraction of sp³-hybridized carbons (Fsp3) is 0.375. The molecule has 0 aromatic heterocycles. The van der Waals surface area contributed by atoms with E-state index in [0.29, 0.717) is 11.1 Å². The number of hydrogen-bond donors (Lipinski definition) is 0. The number of carbonyl (C=O) groups excluding carboxylic acids is 1. The van der Waals surface area contributed by atoms with Crippen molar-refractivity contribution in [3.05, 3.63) is 21.2 Å². The van der Waals surface area contributed by atoms with Crippen molar-refractivity contribution in [1.82, 2.24) is 0 Å². The van der Waals surface area contributed by atoms with Gasteiger partial charge < -0.3 is 0 Å². The minimum atomic E-state index is -1.26. The third-order valence-electron chi connectivity index (χ3n) is 2.00. The Morgan fingerprint density at radius 3 is 1.62 bits per heavy atom. The number of allylic oxidation sites excluding steroid dienone is 4. The fourth-order valence-corrected chi connectivity index (χ4v) is 2.09. The van der Waals surface area contributed by atoms with Crippen molar-refractivity contribution >= 4 is 52.2 Å². The highest BCUT2D eigenvalue weighted by molar-refractivity contribution is 6.61. The van der Waals surface area contributed by atoms with E-state index in [4.69, 9.17) is 46.4 Å². The van der Waals surface area contributed by atoms with Gasteiger partial charge in [-0.2, -0.15) is 0 Å². The van der Waals surface area contributed by atoms with Crippen molar-refractivity contribution in [2.75, 3.05) is 0 Å². The molecule has 0 radical (unpaired) electrons. The zero-order valence-corrected chi connectivity index (χ0v) is 9.94. The Bertz CT molecular complexity index is 308. The molecule has 0 saturated carbocycles. The first-order chi connectivity index (χ1) is 5.80. The Kier molecular flexibility index (Phi) is 3.04. The predicted octanol–water partition coefficient (Wildman–Crippen LogP) is 3.77. The van der Waals surface area contributed by atoms with Crippen molar-refractivity contribution in [3.63, 3.8) is 0 Å². The van der Waals surface area contributed by atoms with Crippen molar-refractivity contribution in [3.8, 4) is 0 Å². The van der Waals surface area contributed by atoms with Crippen LogP contribution in [0.15, 0.2) is 21.2 Å². The quantitative estimate of drug-likeness (QED) is 0.606. The van der Waals surface area contributed by atoms with E-state index >= 15 is 0 Å². The van der Waals surface area contributed by atoms with E-state index < -0.39 is 10.1 Å². The summed E-state index contributed by atoms with van der Waals surface area (Å²) in [6.07, 6.45) is 0. The van der Waals surface area contributed by atoms with Crippen LogP contribution in [-0.2, 0) is 4.79 Å². The summed E-state index contributed by atoms with van der Waals surface area (Å²) in [7, 11) is 0. The van der Waals surface area contributed by atoms with E-state index in [9.17, 15) is 4.79 Å². The molecule has 0 fully saturated rings. The second kappa shape index (κ2) is 3.47. The second-order valence-electron chi connectivity index (χ2n) is 2.78. The average Bonchev–Trinajstić information content (AvgIpc) is 2.09. The lowest BCUT2D eigenvalue weighted by Crippen LogP contribution is -2.26. The summed E-state index contributed by atoms with van der Waals surface area (Å²) in [5.74, 6) is -0.421. The van der Waals surface area contributed by atoms with Gasteiger partial charge in [0.1, 0.15) is 0 Å². The number of Topliss-reactive ketones (excluding diaryl/α,β-unsaturated/α-hetero) is 1. The van der Waals surface area contributed by atoms with E-state index in [1.807, 2.05) is 0 Å². The molecule has 0 aromatic rings. The molecule has 1 aliphatic carbocycles. The van der Waals surface area contributed by atoms with Gasteiger partial charge in [0.25, 0.3) is 0 Å². The first kappa shape index (κ1) is 11.4. The molecule has 0 heterocycles. The van der Waals surface area contributed by atoms with Crippen LogP contribution in [0.5, 0.6) is 0 Å². The van der Waals surface area contributed by atoms with E-state index in [1.165, 1.54) is 0 Å². The zero-order valence-electron chi connectivity index (χ0n) is 6.92. The Labute approximate surface area is 96.3 Å². The van der Waals surface area contributed by atoms with E-state index in [1.54, 1.807) is 13.8 Å². The molecule has 0 spiro atoms. The second-order valence-corrected chi connectivity index (χ2v) is 4.86. The van der Waals surface area contributed by atoms with Crippen LogP contribution in [0.4, 0.5) is 0 Å². The molecule has 0 unspecified atom stereocenters. The van der Waals surface area contributed by atoms with Crippen molar-refractivity contribution < 1.29 is 4.79 Å². The molecule has 0 aliphatic heterocycles. The Balaban J connectivity index is 3.39. The molecule has 0 bridgehead atoms. The van der Waals surface area contributed by atoms with Gasteiger partial charge in [0, 0.05) is 0 Å². The maximum Gasteiger partial charge on any atom is 0.215 e. The van der Waals surface area contributed by atoms with Gasteiger partial charge >= 0.3 is 0 Å². The van der Waals surface area contributed by atoms with Crippen LogP contribution in [-0.4, -0.2) is 10.1 Å². The van der Waals surface area contributed by atoms with Crippen molar-refractivity contribution in [2.24, 2.45) is 0 Å². The summed E-state index contributed by atoms with van der Waals surface area (Å²) in [6.45, 7) is 3.21. The zero-order chi connectivity index (χ0) is 10.4. The third kappa shape index (κ3) is 1.63. The Hall–Kier alpha value is 0.310. The van der Waals surface area contributed by atoms with Gasteiger partial charge in [-0.1, -0.05) is 46.4 Å². The predicted molar refractivity (Wildman–Crippen MR) is 56.6 cm³/mol. The molecule has 5 heteroatoms. The minimum absolute atomic E-state index is 0.000556. The van der Waals surface area contributed by atoms with E-state index in [-0.39, 0.29) is 10.1 Å². The lowest BCUT2D eigenvalue weighted by atomic mass is 9.98. The fourth-order valence-electron chi connectivity index (χ4n) is 0.994. The normalized spacial score (nSPS) is 22.8. The lowest BCUT2D eigenvalue weighted by molar-refractivity contribution is -0.111. The van der Waals surface area contributed by atoms with Crippen LogP contribution >= 0.6 is 46.4 Å². The molecule has 1 aliphatic rings. The van der Waals surface area contributed by atoms with Crippen LogP contribution < -0.4 is 0 Å². The monoisotopic (exact) mass is 258 g/mol. The van der Waals surface area contributed by atoms with Crippen LogP contribution in [0.2, 0.25) is 0 Å². The van der Waals surface area contributed by atoms with Crippen LogP contribution in [0.25, 0.3) is 0 Å². The van der Waals surface area contributed by atoms with Crippen LogP contribution in [0.1, 0.15) is 13.8 Å². The SMILES string of the molecule is CC1=C(Cl)C(=O)C(Cl)=C(C)C1(Cl)Cl. The largest absolute Gasteiger partial charge is 0.287 e. The smallest absolute Gasteiger partial charge is 0.215 e. The summed E-state index contributed by atoms with van der Waals surface area (Å²) in [5.41, 5.74) is 0.841. The summed E-state index contributed by atoms with van der Waals surface area (Å²) in [6, 6.07) is 0. The number of halogens is 4. The number of hydrogen-bond acceptors (Lipinski definition) is 1. The summed E-state index contributed by atoms with van der Waals surface area (Å²) in [5, 5.41) is 0.00111. The molecule has 1 rings (SSSR count). The lowest BCUT2D eigenvalue weighted by Gasteiger charge is -2.27. The molecule has 0 N–H and O–H groups in total. The third-order valence-corrected chi connectivity index (χ3v) is 4.04.